The minimum Gasteiger partial charge on any atom is -0.490 e. The molecule has 0 radical (unpaired) electrons. The third kappa shape index (κ3) is 3.02. The van der Waals surface area contributed by atoms with Crippen molar-refractivity contribution in [2.24, 2.45) is 17.8 Å². The van der Waals surface area contributed by atoms with Gasteiger partial charge in [-0.15, -0.1) is 0 Å². The fourth-order valence-corrected chi connectivity index (χ4v) is 4.28. The highest BCUT2D eigenvalue weighted by Gasteiger charge is 2.42. The zero-order valence-electron chi connectivity index (χ0n) is 13.5. The number of amides is 1. The van der Waals surface area contributed by atoms with Crippen LogP contribution in [0.4, 0.5) is 5.69 Å². The van der Waals surface area contributed by atoms with Gasteiger partial charge in [0, 0.05) is 17.7 Å². The van der Waals surface area contributed by atoms with Crippen molar-refractivity contribution in [3.63, 3.8) is 0 Å². The molecule has 0 heterocycles. The molecule has 6 nitrogen and oxygen atoms in total. The van der Waals surface area contributed by atoms with Gasteiger partial charge in [0.2, 0.25) is 0 Å². The van der Waals surface area contributed by atoms with Gasteiger partial charge in [0.05, 0.1) is 12.0 Å². The molecule has 2 saturated carbocycles. The Hall–Kier alpha value is -2.11. The normalized spacial score (nSPS) is 26.8. The van der Waals surface area contributed by atoms with Crippen LogP contribution in [0.25, 0.3) is 0 Å². The lowest BCUT2D eigenvalue weighted by Crippen LogP contribution is -2.40. The molecule has 3 rings (SSSR count). The molecule has 0 aromatic heterocycles. The van der Waals surface area contributed by atoms with E-state index in [0.29, 0.717) is 11.5 Å². The Morgan fingerprint density at radius 2 is 2.17 bits per heavy atom. The summed E-state index contributed by atoms with van der Waals surface area (Å²) in [7, 11) is 1.37. The number of benzene rings is 1. The number of nitro groups is 1. The highest BCUT2D eigenvalue weighted by atomic mass is 16.6. The Morgan fingerprint density at radius 3 is 2.74 bits per heavy atom. The lowest BCUT2D eigenvalue weighted by atomic mass is 9.84. The lowest BCUT2D eigenvalue weighted by Gasteiger charge is -2.28. The average molecular weight is 318 g/mol. The van der Waals surface area contributed by atoms with Crippen LogP contribution in [0.3, 0.4) is 0 Å². The molecule has 4 atom stereocenters. The quantitative estimate of drug-likeness (QED) is 0.668. The maximum absolute atomic E-state index is 12.4. The van der Waals surface area contributed by atoms with Crippen molar-refractivity contribution >= 4 is 11.6 Å². The number of ether oxygens (including phenoxy) is 1. The molecule has 124 valence electrons. The zero-order chi connectivity index (χ0) is 16.6. The Morgan fingerprint density at radius 1 is 1.39 bits per heavy atom. The van der Waals surface area contributed by atoms with Crippen LogP contribution in [0, 0.1) is 27.9 Å². The number of nitrogens with one attached hydrogen (secondary N) is 1. The molecule has 1 amide bonds. The van der Waals surface area contributed by atoms with Crippen LogP contribution in [-0.4, -0.2) is 24.0 Å². The highest BCUT2D eigenvalue weighted by Crippen LogP contribution is 2.49. The van der Waals surface area contributed by atoms with Gasteiger partial charge in [-0.05, 0) is 56.1 Å². The van der Waals surface area contributed by atoms with Gasteiger partial charge in [0.15, 0.2) is 5.75 Å². The number of nitro benzene ring substituents is 1. The number of methoxy groups -OCH3 is 1. The molecule has 1 N–H and O–H groups in total. The molecule has 0 aliphatic heterocycles. The summed E-state index contributed by atoms with van der Waals surface area (Å²) >= 11 is 0. The first-order valence-corrected chi connectivity index (χ1v) is 8.13. The molecule has 1 aromatic rings. The Labute approximate surface area is 135 Å². The summed E-state index contributed by atoms with van der Waals surface area (Å²) in [6.07, 6.45) is 5.07. The third-order valence-electron chi connectivity index (χ3n) is 5.43. The van der Waals surface area contributed by atoms with Gasteiger partial charge < -0.3 is 10.1 Å². The molecule has 0 unspecified atom stereocenters. The summed E-state index contributed by atoms with van der Waals surface area (Å²) in [6.45, 7) is 2.04. The number of hydrogen-bond donors (Lipinski definition) is 1. The third-order valence-corrected chi connectivity index (χ3v) is 5.43. The van der Waals surface area contributed by atoms with Crippen molar-refractivity contribution in [1.29, 1.82) is 0 Å². The number of carbonyl (C=O) groups is 1. The minimum absolute atomic E-state index is 0.0963. The minimum atomic E-state index is -0.533. The molecule has 2 aliphatic carbocycles. The zero-order valence-corrected chi connectivity index (χ0v) is 13.5. The van der Waals surface area contributed by atoms with Gasteiger partial charge in [0.1, 0.15) is 0 Å². The molecule has 23 heavy (non-hydrogen) atoms. The topological polar surface area (TPSA) is 81.5 Å². The van der Waals surface area contributed by atoms with Crippen molar-refractivity contribution in [2.45, 2.75) is 38.6 Å². The number of nitrogens with zero attached hydrogens (tertiary/aromatic N) is 1. The molecule has 0 saturated heterocycles. The van der Waals surface area contributed by atoms with Crippen molar-refractivity contribution in [2.75, 3.05) is 7.11 Å². The fourth-order valence-electron chi connectivity index (χ4n) is 4.28. The summed E-state index contributed by atoms with van der Waals surface area (Å²) in [6, 6.07) is 4.41. The number of hydrogen-bond acceptors (Lipinski definition) is 4. The largest absolute Gasteiger partial charge is 0.490 e. The second kappa shape index (κ2) is 6.18. The van der Waals surface area contributed by atoms with Crippen LogP contribution in [0.5, 0.6) is 5.75 Å². The van der Waals surface area contributed by atoms with E-state index in [1.54, 1.807) is 6.07 Å². The van der Waals surface area contributed by atoms with E-state index in [0.717, 1.165) is 11.8 Å². The fraction of sp³-hybridized carbons (Fsp3) is 0.588. The van der Waals surface area contributed by atoms with Crippen molar-refractivity contribution in [3.8, 4) is 5.75 Å². The van der Waals surface area contributed by atoms with Gasteiger partial charge in [-0.2, -0.15) is 0 Å². The monoisotopic (exact) mass is 318 g/mol. The molecule has 0 spiro atoms. The molecular weight excluding hydrogens is 296 g/mol. The maximum atomic E-state index is 12.4. The van der Waals surface area contributed by atoms with E-state index >= 15 is 0 Å². The number of fused-ring (bicyclic) bond motifs is 2. The summed E-state index contributed by atoms with van der Waals surface area (Å²) < 4.78 is 4.96. The molecule has 1 aromatic carbocycles. The predicted molar refractivity (Wildman–Crippen MR) is 85.5 cm³/mol. The Kier molecular flexibility index (Phi) is 4.24. The number of carbonyl (C=O) groups excluding carboxylic acids is 1. The predicted octanol–water partition coefficient (Wildman–Crippen LogP) is 3.16. The summed E-state index contributed by atoms with van der Waals surface area (Å²) in [5.41, 5.74) is 0.111. The standard InChI is InChI=1S/C17H22N2O4/c1-10(14-8-11-3-4-12(14)7-11)18-17(20)13-5-6-16(23-2)15(9-13)19(21)22/h5-6,9-12,14H,3-4,7-8H2,1-2H3,(H,18,20)/t10-,11-,12-,14-/m0/s1. The van der Waals surface area contributed by atoms with Crippen molar-refractivity contribution in [3.05, 3.63) is 33.9 Å². The molecule has 2 bridgehead atoms. The Balaban J connectivity index is 1.70. The molecule has 6 heteroatoms. The second-order valence-corrected chi connectivity index (χ2v) is 6.74. The summed E-state index contributed by atoms with van der Waals surface area (Å²) in [5, 5.41) is 14.1. The first kappa shape index (κ1) is 15.8. The molecule has 2 aliphatic rings. The summed E-state index contributed by atoms with van der Waals surface area (Å²) in [5.74, 6) is 1.98. The van der Waals surface area contributed by atoms with Gasteiger partial charge in [-0.3, -0.25) is 14.9 Å². The van der Waals surface area contributed by atoms with E-state index in [1.165, 1.54) is 44.9 Å². The van der Waals surface area contributed by atoms with Crippen molar-refractivity contribution < 1.29 is 14.5 Å². The second-order valence-electron chi connectivity index (χ2n) is 6.74. The molecule has 2 fully saturated rings. The van der Waals surface area contributed by atoms with Crippen LogP contribution in [0.2, 0.25) is 0 Å². The van der Waals surface area contributed by atoms with E-state index in [2.05, 4.69) is 5.32 Å². The van der Waals surface area contributed by atoms with E-state index in [9.17, 15) is 14.9 Å². The average Bonchev–Trinajstić information content (AvgIpc) is 3.17. The highest BCUT2D eigenvalue weighted by molar-refractivity contribution is 5.95. The van der Waals surface area contributed by atoms with Crippen LogP contribution >= 0.6 is 0 Å². The van der Waals surface area contributed by atoms with Crippen LogP contribution in [0.1, 0.15) is 43.0 Å². The smallest absolute Gasteiger partial charge is 0.311 e. The van der Waals surface area contributed by atoms with Gasteiger partial charge in [-0.1, -0.05) is 6.42 Å². The van der Waals surface area contributed by atoms with Gasteiger partial charge >= 0.3 is 5.69 Å². The van der Waals surface area contributed by atoms with E-state index in [-0.39, 0.29) is 23.4 Å². The van der Waals surface area contributed by atoms with Crippen molar-refractivity contribution in [1.82, 2.24) is 5.32 Å². The first-order chi connectivity index (χ1) is 11.0. The van der Waals surface area contributed by atoms with E-state index < -0.39 is 4.92 Å². The van der Waals surface area contributed by atoms with E-state index in [4.69, 9.17) is 4.74 Å². The molecular formula is C17H22N2O4. The van der Waals surface area contributed by atoms with Crippen LogP contribution < -0.4 is 10.1 Å². The first-order valence-electron chi connectivity index (χ1n) is 8.13. The SMILES string of the molecule is COc1ccc(C(=O)N[C@@H](C)[C@@H]2C[C@H]3CC[C@H]2C3)cc1[N+](=O)[O-]. The van der Waals surface area contributed by atoms with Crippen LogP contribution in [0.15, 0.2) is 18.2 Å². The van der Waals surface area contributed by atoms with Crippen LogP contribution in [-0.2, 0) is 0 Å². The van der Waals surface area contributed by atoms with E-state index in [1.807, 2.05) is 6.92 Å². The lowest BCUT2D eigenvalue weighted by molar-refractivity contribution is -0.385. The van der Waals surface area contributed by atoms with Gasteiger partial charge in [0.25, 0.3) is 5.91 Å². The summed E-state index contributed by atoms with van der Waals surface area (Å²) in [4.78, 5) is 23.0. The maximum Gasteiger partial charge on any atom is 0.311 e. The van der Waals surface area contributed by atoms with Gasteiger partial charge in [-0.25, -0.2) is 0 Å². The number of rotatable bonds is 5. The Bertz CT molecular complexity index is 631.